The Labute approximate surface area is 193 Å². The molecule has 4 atom stereocenters. The van der Waals surface area contributed by atoms with Gasteiger partial charge in [0.2, 0.25) is 11.8 Å². The highest BCUT2D eigenvalue weighted by Gasteiger charge is 2.64. The zero-order chi connectivity index (χ0) is 23.5. The van der Waals surface area contributed by atoms with Gasteiger partial charge in [-0.3, -0.25) is 24.3 Å². The minimum absolute atomic E-state index is 0.0333. The number of likely N-dealkylation sites (tertiary alicyclic amines) is 1. The molecule has 0 spiro atoms. The number of ether oxygens (including phenoxy) is 1. The number of pyridine rings is 1. The first-order valence-electron chi connectivity index (χ1n) is 11.5. The molecule has 33 heavy (non-hydrogen) atoms. The van der Waals surface area contributed by atoms with E-state index in [4.69, 9.17) is 4.74 Å². The quantitative estimate of drug-likeness (QED) is 0.518. The van der Waals surface area contributed by atoms with E-state index in [1.807, 2.05) is 62.1 Å². The van der Waals surface area contributed by atoms with Crippen LogP contribution >= 0.6 is 0 Å². The molecule has 2 saturated heterocycles. The standard InChI is InChI=1S/C26H29N3O4/c1-26(2,3)23(30)22-19-18(24(31)28(25(19)32)13-6-14-33-4)17-11-10-16-9-8-15-7-5-12-27-20(15)21(16)29(17)22/h5,7-12,17-19,22H,6,13-14H2,1-4H3/t17-,18-,19-,22+/m0/s1. The molecular weight excluding hydrogens is 418 g/mol. The monoisotopic (exact) mass is 447 g/mol. The number of rotatable bonds is 5. The van der Waals surface area contributed by atoms with E-state index in [9.17, 15) is 14.4 Å². The molecule has 5 rings (SSSR count). The topological polar surface area (TPSA) is 79.8 Å². The number of fused-ring (bicyclic) bond motifs is 7. The summed E-state index contributed by atoms with van der Waals surface area (Å²) in [7, 11) is 1.60. The zero-order valence-corrected chi connectivity index (χ0v) is 19.4. The van der Waals surface area contributed by atoms with Gasteiger partial charge in [-0.25, -0.2) is 0 Å². The fourth-order valence-corrected chi connectivity index (χ4v) is 5.57. The average molecular weight is 448 g/mol. The van der Waals surface area contributed by atoms with Gasteiger partial charge in [-0.15, -0.1) is 0 Å². The number of imide groups is 1. The number of methoxy groups -OCH3 is 1. The third kappa shape index (κ3) is 3.21. The van der Waals surface area contributed by atoms with Crippen LogP contribution in [0, 0.1) is 17.3 Å². The summed E-state index contributed by atoms with van der Waals surface area (Å²) in [5.41, 5.74) is 1.90. The van der Waals surface area contributed by atoms with E-state index in [1.54, 1.807) is 13.3 Å². The van der Waals surface area contributed by atoms with Crippen molar-refractivity contribution >= 4 is 40.3 Å². The van der Waals surface area contributed by atoms with Crippen molar-refractivity contribution in [1.82, 2.24) is 9.88 Å². The summed E-state index contributed by atoms with van der Waals surface area (Å²) in [5, 5.41) is 0.961. The van der Waals surface area contributed by atoms with Crippen molar-refractivity contribution < 1.29 is 19.1 Å². The van der Waals surface area contributed by atoms with Crippen molar-refractivity contribution in [2.45, 2.75) is 39.3 Å². The van der Waals surface area contributed by atoms with E-state index < -0.39 is 23.3 Å². The molecule has 0 saturated carbocycles. The van der Waals surface area contributed by atoms with Crippen molar-refractivity contribution in [2.75, 3.05) is 25.2 Å². The molecule has 1 aromatic heterocycles. The molecule has 2 amide bonds. The number of carbonyl (C=O) groups is 3. The summed E-state index contributed by atoms with van der Waals surface area (Å²) in [5.74, 6) is -1.76. The van der Waals surface area contributed by atoms with Crippen LogP contribution in [0.1, 0.15) is 32.8 Å². The first-order valence-corrected chi connectivity index (χ1v) is 11.5. The maximum Gasteiger partial charge on any atom is 0.235 e. The Hall–Kier alpha value is -3.06. The molecule has 3 aliphatic rings. The van der Waals surface area contributed by atoms with Crippen molar-refractivity contribution in [3.63, 3.8) is 0 Å². The highest BCUT2D eigenvalue weighted by molar-refractivity contribution is 6.13. The molecule has 0 aliphatic carbocycles. The molecule has 2 aromatic rings. The lowest BCUT2D eigenvalue weighted by molar-refractivity contribution is -0.142. The Morgan fingerprint density at radius 1 is 1.12 bits per heavy atom. The van der Waals surface area contributed by atoms with Crippen LogP contribution in [0.4, 0.5) is 5.69 Å². The van der Waals surface area contributed by atoms with Crippen LogP contribution in [0.5, 0.6) is 0 Å². The van der Waals surface area contributed by atoms with Gasteiger partial charge in [0.1, 0.15) is 6.04 Å². The summed E-state index contributed by atoms with van der Waals surface area (Å²) in [6.45, 7) is 6.40. The fraction of sp³-hybridized carbons (Fsp3) is 0.462. The number of nitrogens with zero attached hydrogens (tertiary/aromatic N) is 3. The number of aromatic nitrogens is 1. The first-order chi connectivity index (χ1) is 15.8. The smallest absolute Gasteiger partial charge is 0.235 e. The van der Waals surface area contributed by atoms with E-state index in [0.717, 1.165) is 22.2 Å². The lowest BCUT2D eigenvalue weighted by atomic mass is 9.79. The second-order valence-electron chi connectivity index (χ2n) is 10.1. The van der Waals surface area contributed by atoms with Crippen molar-refractivity contribution in [2.24, 2.45) is 17.3 Å². The molecule has 3 aliphatic heterocycles. The molecule has 1 aromatic carbocycles. The van der Waals surface area contributed by atoms with Crippen molar-refractivity contribution in [3.8, 4) is 0 Å². The summed E-state index contributed by atoms with van der Waals surface area (Å²) >= 11 is 0. The van der Waals surface area contributed by atoms with E-state index in [2.05, 4.69) is 4.98 Å². The van der Waals surface area contributed by atoms with Gasteiger partial charge in [-0.1, -0.05) is 51.1 Å². The second kappa shape index (κ2) is 7.76. The summed E-state index contributed by atoms with van der Waals surface area (Å²) < 4.78 is 5.11. The molecular formula is C26H29N3O4. The number of anilines is 1. The van der Waals surface area contributed by atoms with Crippen molar-refractivity contribution in [3.05, 3.63) is 42.1 Å². The number of carbonyl (C=O) groups excluding carboxylic acids is 3. The summed E-state index contributed by atoms with van der Waals surface area (Å²) in [6, 6.07) is 6.81. The van der Waals surface area contributed by atoms with Gasteiger partial charge >= 0.3 is 0 Å². The maximum atomic E-state index is 13.8. The predicted octanol–water partition coefficient (Wildman–Crippen LogP) is 3.07. The first kappa shape index (κ1) is 21.8. The van der Waals surface area contributed by atoms with Gasteiger partial charge in [-0.2, -0.15) is 0 Å². The highest BCUT2D eigenvalue weighted by Crippen LogP contribution is 2.51. The molecule has 0 bridgehead atoms. The summed E-state index contributed by atoms with van der Waals surface area (Å²) in [4.78, 5) is 49.0. The van der Waals surface area contributed by atoms with Crippen LogP contribution in [0.3, 0.4) is 0 Å². The Morgan fingerprint density at radius 3 is 2.61 bits per heavy atom. The third-order valence-corrected chi connectivity index (χ3v) is 7.07. The van der Waals surface area contributed by atoms with Crippen LogP contribution in [0.15, 0.2) is 36.5 Å². The predicted molar refractivity (Wildman–Crippen MR) is 125 cm³/mol. The molecule has 172 valence electrons. The fourth-order valence-electron chi connectivity index (χ4n) is 5.57. The minimum atomic E-state index is -0.722. The number of hydrogen-bond donors (Lipinski definition) is 0. The molecule has 4 heterocycles. The van der Waals surface area contributed by atoms with Crippen LogP contribution < -0.4 is 4.90 Å². The Kier molecular flexibility index (Phi) is 5.12. The lowest BCUT2D eigenvalue weighted by Gasteiger charge is -2.39. The minimum Gasteiger partial charge on any atom is -0.385 e. The summed E-state index contributed by atoms with van der Waals surface area (Å²) in [6.07, 6.45) is 6.29. The molecule has 2 fully saturated rings. The third-order valence-electron chi connectivity index (χ3n) is 7.07. The number of amides is 2. The van der Waals surface area contributed by atoms with Gasteiger partial charge in [-0.05, 0) is 18.1 Å². The molecule has 0 radical (unpaired) electrons. The van der Waals surface area contributed by atoms with E-state index in [1.165, 1.54) is 4.90 Å². The van der Waals surface area contributed by atoms with Crippen LogP contribution in [0.2, 0.25) is 0 Å². The molecule has 0 unspecified atom stereocenters. The normalized spacial score (nSPS) is 26.1. The van der Waals surface area contributed by atoms with Gasteiger partial charge in [0.15, 0.2) is 5.78 Å². The molecule has 0 N–H and O–H groups in total. The number of benzene rings is 1. The second-order valence-corrected chi connectivity index (χ2v) is 10.1. The molecule has 7 nitrogen and oxygen atoms in total. The lowest BCUT2D eigenvalue weighted by Crippen LogP contribution is -2.51. The molecule has 7 heteroatoms. The Morgan fingerprint density at radius 2 is 1.88 bits per heavy atom. The Bertz CT molecular complexity index is 1180. The zero-order valence-electron chi connectivity index (χ0n) is 19.4. The SMILES string of the molecule is COCCCN1C(=O)[C@@H]2[C@H](C1=O)[C@H](C(=O)C(C)(C)C)N1c3c(ccc4cccnc34)C=C[C@@H]21. The Balaban J connectivity index is 1.66. The van der Waals surface area contributed by atoms with Crippen LogP contribution in [0.25, 0.3) is 17.0 Å². The van der Waals surface area contributed by atoms with E-state index >= 15 is 0 Å². The van der Waals surface area contributed by atoms with Crippen LogP contribution in [-0.4, -0.2) is 59.8 Å². The van der Waals surface area contributed by atoms with Crippen LogP contribution in [-0.2, 0) is 19.1 Å². The number of hydrogen-bond acceptors (Lipinski definition) is 6. The van der Waals surface area contributed by atoms with E-state index in [-0.39, 0.29) is 23.6 Å². The average Bonchev–Trinajstić information content (AvgIpc) is 3.26. The van der Waals surface area contributed by atoms with Gasteiger partial charge < -0.3 is 9.64 Å². The van der Waals surface area contributed by atoms with Gasteiger partial charge in [0.25, 0.3) is 0 Å². The van der Waals surface area contributed by atoms with E-state index in [0.29, 0.717) is 19.6 Å². The van der Waals surface area contributed by atoms with Gasteiger partial charge in [0, 0.05) is 37.3 Å². The highest BCUT2D eigenvalue weighted by atomic mass is 16.5. The largest absolute Gasteiger partial charge is 0.385 e. The number of Topliss-reactive ketones (excluding diaryl/α,β-unsaturated/α-hetero) is 1. The number of ketones is 1. The maximum absolute atomic E-state index is 13.8. The van der Waals surface area contributed by atoms with Gasteiger partial charge in [0.05, 0.1) is 29.1 Å². The van der Waals surface area contributed by atoms with Crippen molar-refractivity contribution in [1.29, 1.82) is 0 Å².